The van der Waals surface area contributed by atoms with Gasteiger partial charge in [-0.05, 0) is 24.5 Å². The molecule has 4 rings (SSSR count). The molecule has 3 heterocycles. The van der Waals surface area contributed by atoms with Crippen LogP contribution in [0.5, 0.6) is 11.5 Å². The van der Waals surface area contributed by atoms with Crippen LogP contribution in [-0.4, -0.2) is 55.6 Å². The summed E-state index contributed by atoms with van der Waals surface area (Å²) in [4.78, 5) is 18.6. The fourth-order valence-electron chi connectivity index (χ4n) is 3.74. The van der Waals surface area contributed by atoms with Crippen LogP contribution in [0.2, 0.25) is 0 Å². The Morgan fingerprint density at radius 1 is 1.38 bits per heavy atom. The zero-order valence-corrected chi connectivity index (χ0v) is 19.4. The van der Waals surface area contributed by atoms with Crippen molar-refractivity contribution in [3.05, 3.63) is 30.0 Å². The third kappa shape index (κ3) is 4.71. The number of carbonyl (C=O) groups is 1. The van der Waals surface area contributed by atoms with Crippen molar-refractivity contribution >= 4 is 38.4 Å². The molecular formula is C21H24N4O5S2. The topological polar surface area (TPSA) is 121 Å². The summed E-state index contributed by atoms with van der Waals surface area (Å²) in [6.07, 6.45) is 2.06. The lowest BCUT2D eigenvalue weighted by Gasteiger charge is -2.24. The maximum Gasteiger partial charge on any atom is 0.263 e. The Kier molecular flexibility index (Phi) is 6.35. The van der Waals surface area contributed by atoms with E-state index in [0.717, 1.165) is 12.1 Å². The number of thioether (sulfide) groups is 1. The SMILES string of the molecule is CC(C)CCNC(=O)/C(C#N)=C/N=C1S[C@H]2CS(=O)(=O)C[C@@H]2N1c1ccc2c(c1)OCO2. The zero-order chi connectivity index (χ0) is 22.9. The van der Waals surface area contributed by atoms with Gasteiger partial charge in [0, 0.05) is 23.5 Å². The molecule has 0 saturated carbocycles. The number of nitriles is 1. The molecule has 3 aliphatic heterocycles. The summed E-state index contributed by atoms with van der Waals surface area (Å²) in [6.45, 7) is 4.72. The van der Waals surface area contributed by atoms with Gasteiger partial charge in [-0.1, -0.05) is 25.6 Å². The molecule has 0 aliphatic carbocycles. The Labute approximate surface area is 191 Å². The fourth-order valence-corrected chi connectivity index (χ4v) is 7.63. The van der Waals surface area contributed by atoms with E-state index in [1.165, 1.54) is 18.0 Å². The van der Waals surface area contributed by atoms with Crippen molar-refractivity contribution < 1.29 is 22.7 Å². The molecule has 11 heteroatoms. The van der Waals surface area contributed by atoms with E-state index in [9.17, 15) is 18.5 Å². The van der Waals surface area contributed by atoms with Crippen LogP contribution in [-0.2, 0) is 14.6 Å². The molecule has 0 bridgehead atoms. The minimum atomic E-state index is -3.15. The molecule has 0 aromatic heterocycles. The van der Waals surface area contributed by atoms with Gasteiger partial charge < -0.3 is 19.7 Å². The zero-order valence-electron chi connectivity index (χ0n) is 17.8. The Bertz CT molecular complexity index is 1120. The lowest BCUT2D eigenvalue weighted by atomic mass is 10.1. The van der Waals surface area contributed by atoms with Gasteiger partial charge in [0.25, 0.3) is 5.91 Å². The van der Waals surface area contributed by atoms with Crippen molar-refractivity contribution in [2.45, 2.75) is 31.6 Å². The largest absolute Gasteiger partial charge is 0.454 e. The number of nitrogens with zero attached hydrogens (tertiary/aromatic N) is 3. The Hall–Kier alpha value is -2.71. The number of amidine groups is 1. The molecular weight excluding hydrogens is 452 g/mol. The smallest absolute Gasteiger partial charge is 0.263 e. The molecule has 0 spiro atoms. The number of fused-ring (bicyclic) bond motifs is 2. The third-order valence-corrected chi connectivity index (χ3v) is 8.60. The number of carbonyl (C=O) groups excluding carboxylic acids is 1. The van der Waals surface area contributed by atoms with Crippen molar-refractivity contribution in [2.75, 3.05) is 29.7 Å². The Balaban J connectivity index is 1.61. The van der Waals surface area contributed by atoms with Gasteiger partial charge in [-0.15, -0.1) is 0 Å². The molecule has 2 saturated heterocycles. The van der Waals surface area contributed by atoms with Crippen LogP contribution in [0, 0.1) is 17.2 Å². The van der Waals surface area contributed by atoms with Gasteiger partial charge in [0.1, 0.15) is 11.6 Å². The summed E-state index contributed by atoms with van der Waals surface area (Å²) in [6, 6.07) is 7.00. The molecule has 2 atom stereocenters. The van der Waals surface area contributed by atoms with E-state index in [1.54, 1.807) is 12.1 Å². The number of sulfone groups is 1. The number of benzene rings is 1. The highest BCUT2D eigenvalue weighted by atomic mass is 32.2. The first kappa shape index (κ1) is 22.5. The number of hydrogen-bond acceptors (Lipinski definition) is 8. The van der Waals surface area contributed by atoms with Crippen molar-refractivity contribution in [1.82, 2.24) is 5.32 Å². The molecule has 1 aromatic carbocycles. The van der Waals surface area contributed by atoms with Crippen LogP contribution in [0.25, 0.3) is 0 Å². The first-order chi connectivity index (χ1) is 15.3. The van der Waals surface area contributed by atoms with E-state index in [1.807, 2.05) is 17.0 Å². The average molecular weight is 477 g/mol. The predicted octanol–water partition coefficient (Wildman–Crippen LogP) is 2.06. The second-order valence-electron chi connectivity index (χ2n) is 8.21. The van der Waals surface area contributed by atoms with Crippen LogP contribution in [0.4, 0.5) is 5.69 Å². The highest BCUT2D eigenvalue weighted by Crippen LogP contribution is 2.43. The lowest BCUT2D eigenvalue weighted by molar-refractivity contribution is -0.117. The predicted molar refractivity (Wildman–Crippen MR) is 122 cm³/mol. The molecule has 1 amide bonds. The van der Waals surface area contributed by atoms with Gasteiger partial charge in [-0.25, -0.2) is 13.4 Å². The third-order valence-electron chi connectivity index (χ3n) is 5.38. The first-order valence-electron chi connectivity index (χ1n) is 10.3. The Morgan fingerprint density at radius 3 is 2.91 bits per heavy atom. The summed E-state index contributed by atoms with van der Waals surface area (Å²) < 4.78 is 35.3. The van der Waals surface area contributed by atoms with E-state index in [4.69, 9.17) is 9.47 Å². The normalized spacial score (nSPS) is 24.6. The van der Waals surface area contributed by atoms with E-state index < -0.39 is 15.7 Å². The summed E-state index contributed by atoms with van der Waals surface area (Å²) in [5.41, 5.74) is 0.621. The molecule has 1 aromatic rings. The van der Waals surface area contributed by atoms with E-state index in [2.05, 4.69) is 24.2 Å². The molecule has 0 radical (unpaired) electrons. The van der Waals surface area contributed by atoms with Crippen molar-refractivity contribution in [3.63, 3.8) is 0 Å². The van der Waals surface area contributed by atoms with Gasteiger partial charge in [0.15, 0.2) is 26.5 Å². The standard InChI is InChI=1S/C21H24N4O5S2/c1-13(2)5-6-23-20(26)14(8-22)9-24-21-25(16-10-32(27,28)11-19(16)31-21)15-3-4-17-18(7-15)30-12-29-17/h3-4,7,9,13,16,19H,5-6,10-12H2,1-2H3,(H,23,26)/b14-9+,24-21?/t16-,19-/m0/s1. The van der Waals surface area contributed by atoms with Crippen LogP contribution < -0.4 is 19.7 Å². The molecule has 170 valence electrons. The van der Waals surface area contributed by atoms with E-state index in [0.29, 0.717) is 29.1 Å². The van der Waals surface area contributed by atoms with Gasteiger partial charge in [-0.3, -0.25) is 4.79 Å². The molecule has 3 aliphatic rings. The number of anilines is 1. The number of rotatable bonds is 6. The first-order valence-corrected chi connectivity index (χ1v) is 13.0. The number of ether oxygens (including phenoxy) is 2. The second kappa shape index (κ2) is 9.03. The van der Waals surface area contributed by atoms with Crippen LogP contribution in [0.15, 0.2) is 35.0 Å². The van der Waals surface area contributed by atoms with Gasteiger partial charge in [-0.2, -0.15) is 5.26 Å². The van der Waals surface area contributed by atoms with Gasteiger partial charge in [0.05, 0.1) is 23.7 Å². The monoisotopic (exact) mass is 476 g/mol. The minimum absolute atomic E-state index is 0.0165. The van der Waals surface area contributed by atoms with Crippen LogP contribution in [0.3, 0.4) is 0 Å². The van der Waals surface area contributed by atoms with Gasteiger partial charge >= 0.3 is 0 Å². The van der Waals surface area contributed by atoms with Crippen LogP contribution >= 0.6 is 11.8 Å². The average Bonchev–Trinajstić information content (AvgIpc) is 3.39. The van der Waals surface area contributed by atoms with Crippen molar-refractivity contribution in [3.8, 4) is 17.6 Å². The highest BCUT2D eigenvalue weighted by molar-refractivity contribution is 8.16. The van der Waals surface area contributed by atoms with Crippen molar-refractivity contribution in [1.29, 1.82) is 5.26 Å². The number of hydrogen-bond donors (Lipinski definition) is 1. The summed E-state index contributed by atoms with van der Waals surface area (Å²) >= 11 is 1.34. The highest BCUT2D eigenvalue weighted by Gasteiger charge is 2.49. The molecule has 2 fully saturated rings. The summed E-state index contributed by atoms with van der Waals surface area (Å²) in [5.74, 6) is 1.24. The fraction of sp³-hybridized carbons (Fsp3) is 0.476. The summed E-state index contributed by atoms with van der Waals surface area (Å²) in [7, 11) is -3.15. The molecule has 0 unspecified atom stereocenters. The molecule has 32 heavy (non-hydrogen) atoms. The lowest BCUT2D eigenvalue weighted by Crippen LogP contribution is -2.37. The maximum atomic E-state index is 12.3. The summed E-state index contributed by atoms with van der Waals surface area (Å²) in [5, 5.41) is 12.5. The number of nitrogens with one attached hydrogen (secondary N) is 1. The second-order valence-corrected chi connectivity index (χ2v) is 11.6. The van der Waals surface area contributed by atoms with E-state index in [-0.39, 0.29) is 35.2 Å². The molecule has 9 nitrogen and oxygen atoms in total. The molecule has 1 N–H and O–H groups in total. The number of amides is 1. The Morgan fingerprint density at radius 2 is 2.16 bits per heavy atom. The number of aliphatic imine (C=N–C) groups is 1. The van der Waals surface area contributed by atoms with Gasteiger partial charge in [0.2, 0.25) is 6.79 Å². The van der Waals surface area contributed by atoms with E-state index >= 15 is 0 Å². The quantitative estimate of drug-likeness (QED) is 0.489. The minimum Gasteiger partial charge on any atom is -0.454 e. The van der Waals surface area contributed by atoms with Crippen molar-refractivity contribution in [2.24, 2.45) is 10.9 Å². The maximum absolute atomic E-state index is 12.3. The van der Waals surface area contributed by atoms with Crippen LogP contribution in [0.1, 0.15) is 20.3 Å².